The Morgan fingerprint density at radius 1 is 1.11 bits per heavy atom. The van der Waals surface area contributed by atoms with E-state index in [1.165, 1.54) is 44.1 Å². The van der Waals surface area contributed by atoms with Crippen LogP contribution in [0.2, 0.25) is 0 Å². The van der Waals surface area contributed by atoms with Gasteiger partial charge >= 0.3 is 0 Å². The summed E-state index contributed by atoms with van der Waals surface area (Å²) in [6.07, 6.45) is 8.30. The number of nitrogens with one attached hydrogen (secondary N) is 1. The molecule has 2 N–H and O–H groups in total. The van der Waals surface area contributed by atoms with Gasteiger partial charge in [0.15, 0.2) is 0 Å². The van der Waals surface area contributed by atoms with Gasteiger partial charge in [-0.25, -0.2) is 0 Å². The second kappa shape index (κ2) is 7.55. The van der Waals surface area contributed by atoms with Crippen LogP contribution in [0, 0.1) is 5.92 Å². The van der Waals surface area contributed by atoms with Gasteiger partial charge in [-0.1, -0.05) is 62.4 Å². The van der Waals surface area contributed by atoms with E-state index >= 15 is 0 Å². The van der Waals surface area contributed by atoms with E-state index in [0.717, 1.165) is 12.5 Å². The number of hydrogen-bond acceptors (Lipinski definition) is 2. The lowest BCUT2D eigenvalue weighted by Gasteiger charge is -2.23. The summed E-state index contributed by atoms with van der Waals surface area (Å²) < 4.78 is 0. The summed E-state index contributed by atoms with van der Waals surface area (Å²) in [5.41, 5.74) is 1.18. The van der Waals surface area contributed by atoms with E-state index in [0.29, 0.717) is 0 Å². The lowest BCUT2D eigenvalue weighted by Crippen LogP contribution is -2.27. The van der Waals surface area contributed by atoms with E-state index in [-0.39, 0.29) is 12.6 Å². The first-order valence-electron chi connectivity index (χ1n) is 7.29. The average molecular weight is 247 g/mol. The molecule has 0 radical (unpaired) electrons. The fourth-order valence-electron chi connectivity index (χ4n) is 2.91. The van der Waals surface area contributed by atoms with Gasteiger partial charge in [0, 0.05) is 0 Å². The fourth-order valence-corrected chi connectivity index (χ4v) is 2.91. The highest BCUT2D eigenvalue weighted by molar-refractivity contribution is 5.18. The summed E-state index contributed by atoms with van der Waals surface area (Å²) in [5, 5.41) is 12.9. The molecule has 0 bridgehead atoms. The standard InChI is InChI=1S/C16H25NO/c18-13-16(15-9-5-2-6-10-15)17-12-11-14-7-3-1-4-8-14/h2,5-6,9-10,14,16-18H,1,3-4,7-8,11-13H2/t16-/m1/s1. The summed E-state index contributed by atoms with van der Waals surface area (Å²) in [6.45, 7) is 1.19. The van der Waals surface area contributed by atoms with Gasteiger partial charge in [0.25, 0.3) is 0 Å². The molecule has 18 heavy (non-hydrogen) atoms. The molecular weight excluding hydrogens is 222 g/mol. The molecule has 2 nitrogen and oxygen atoms in total. The largest absolute Gasteiger partial charge is 0.394 e. The predicted molar refractivity (Wildman–Crippen MR) is 75.5 cm³/mol. The number of hydrogen-bond donors (Lipinski definition) is 2. The van der Waals surface area contributed by atoms with Crippen molar-refractivity contribution in [3.05, 3.63) is 35.9 Å². The van der Waals surface area contributed by atoms with Crippen LogP contribution in [0.4, 0.5) is 0 Å². The molecule has 1 aromatic carbocycles. The first-order chi connectivity index (χ1) is 8.90. The van der Waals surface area contributed by atoms with Crippen molar-refractivity contribution in [2.75, 3.05) is 13.2 Å². The molecule has 1 aromatic rings. The van der Waals surface area contributed by atoms with Crippen molar-refractivity contribution in [1.82, 2.24) is 5.32 Å². The Kier molecular flexibility index (Phi) is 5.69. The number of aliphatic hydroxyl groups is 1. The van der Waals surface area contributed by atoms with Gasteiger partial charge in [-0.15, -0.1) is 0 Å². The third kappa shape index (κ3) is 4.11. The molecule has 2 heteroatoms. The molecule has 0 unspecified atom stereocenters. The molecule has 1 atom stereocenters. The quantitative estimate of drug-likeness (QED) is 0.808. The molecule has 100 valence electrons. The van der Waals surface area contributed by atoms with Crippen LogP contribution in [0.3, 0.4) is 0 Å². The minimum atomic E-state index is 0.0924. The second-order valence-corrected chi connectivity index (χ2v) is 5.39. The molecule has 1 saturated carbocycles. The molecule has 0 aliphatic heterocycles. The van der Waals surface area contributed by atoms with E-state index in [1.807, 2.05) is 18.2 Å². The van der Waals surface area contributed by atoms with E-state index < -0.39 is 0 Å². The monoisotopic (exact) mass is 247 g/mol. The van der Waals surface area contributed by atoms with Gasteiger partial charge in [0.05, 0.1) is 12.6 Å². The Morgan fingerprint density at radius 3 is 2.50 bits per heavy atom. The van der Waals surface area contributed by atoms with Crippen LogP contribution < -0.4 is 5.32 Å². The van der Waals surface area contributed by atoms with Crippen LogP contribution in [0.1, 0.15) is 50.1 Å². The van der Waals surface area contributed by atoms with Crippen molar-refractivity contribution in [2.45, 2.75) is 44.6 Å². The topological polar surface area (TPSA) is 32.3 Å². The maximum Gasteiger partial charge on any atom is 0.0626 e. The number of rotatable bonds is 6. The predicted octanol–water partition coefficient (Wildman–Crippen LogP) is 3.28. The fraction of sp³-hybridized carbons (Fsp3) is 0.625. The Bertz CT molecular complexity index is 319. The van der Waals surface area contributed by atoms with Crippen molar-refractivity contribution in [3.8, 4) is 0 Å². The minimum absolute atomic E-state index is 0.0924. The molecule has 1 aliphatic rings. The Labute approximate surface area is 110 Å². The summed E-state index contributed by atoms with van der Waals surface area (Å²) in [6, 6.07) is 10.3. The Morgan fingerprint density at radius 2 is 1.83 bits per heavy atom. The normalized spacial score (nSPS) is 18.7. The van der Waals surface area contributed by atoms with Crippen LogP contribution >= 0.6 is 0 Å². The molecule has 0 saturated heterocycles. The molecule has 0 heterocycles. The highest BCUT2D eigenvalue weighted by atomic mass is 16.3. The SMILES string of the molecule is OC[C@@H](NCCC1CCCCC1)c1ccccc1. The van der Waals surface area contributed by atoms with Gasteiger partial charge in [-0.3, -0.25) is 0 Å². The summed E-state index contributed by atoms with van der Waals surface area (Å²) in [5.74, 6) is 0.904. The molecular formula is C16H25NO. The van der Waals surface area contributed by atoms with Gasteiger partial charge in [-0.2, -0.15) is 0 Å². The summed E-state index contributed by atoms with van der Waals surface area (Å²) >= 11 is 0. The second-order valence-electron chi connectivity index (χ2n) is 5.39. The minimum Gasteiger partial charge on any atom is -0.394 e. The van der Waals surface area contributed by atoms with E-state index in [1.54, 1.807) is 0 Å². The average Bonchev–Trinajstić information content (AvgIpc) is 2.46. The zero-order valence-corrected chi connectivity index (χ0v) is 11.1. The molecule has 2 rings (SSSR count). The van der Waals surface area contributed by atoms with Crippen molar-refractivity contribution >= 4 is 0 Å². The van der Waals surface area contributed by atoms with E-state index in [2.05, 4.69) is 17.4 Å². The first-order valence-corrected chi connectivity index (χ1v) is 7.29. The van der Waals surface area contributed by atoms with Gasteiger partial charge in [0.2, 0.25) is 0 Å². The lowest BCUT2D eigenvalue weighted by atomic mass is 9.87. The zero-order valence-electron chi connectivity index (χ0n) is 11.1. The van der Waals surface area contributed by atoms with Crippen LogP contribution in [0.25, 0.3) is 0 Å². The Hall–Kier alpha value is -0.860. The van der Waals surface area contributed by atoms with E-state index in [4.69, 9.17) is 0 Å². The lowest BCUT2D eigenvalue weighted by molar-refractivity contribution is 0.238. The maximum atomic E-state index is 9.45. The summed E-state index contributed by atoms with van der Waals surface area (Å²) in [7, 11) is 0. The summed E-state index contributed by atoms with van der Waals surface area (Å²) in [4.78, 5) is 0. The molecule has 1 aliphatic carbocycles. The highest BCUT2D eigenvalue weighted by Crippen LogP contribution is 2.26. The number of benzene rings is 1. The van der Waals surface area contributed by atoms with Gasteiger partial charge in [0.1, 0.15) is 0 Å². The van der Waals surface area contributed by atoms with Gasteiger partial charge in [-0.05, 0) is 24.4 Å². The Balaban J connectivity index is 1.73. The highest BCUT2D eigenvalue weighted by Gasteiger charge is 2.14. The maximum absolute atomic E-state index is 9.45. The smallest absolute Gasteiger partial charge is 0.0626 e. The van der Waals surface area contributed by atoms with Crippen molar-refractivity contribution in [3.63, 3.8) is 0 Å². The van der Waals surface area contributed by atoms with Crippen molar-refractivity contribution in [1.29, 1.82) is 0 Å². The van der Waals surface area contributed by atoms with Crippen LogP contribution in [-0.4, -0.2) is 18.3 Å². The zero-order chi connectivity index (χ0) is 12.6. The molecule has 0 spiro atoms. The van der Waals surface area contributed by atoms with Crippen molar-refractivity contribution in [2.24, 2.45) is 5.92 Å². The molecule has 1 fully saturated rings. The third-order valence-electron chi connectivity index (χ3n) is 4.05. The molecule has 0 amide bonds. The van der Waals surface area contributed by atoms with Crippen LogP contribution in [-0.2, 0) is 0 Å². The van der Waals surface area contributed by atoms with Crippen LogP contribution in [0.15, 0.2) is 30.3 Å². The third-order valence-corrected chi connectivity index (χ3v) is 4.05. The number of aliphatic hydroxyl groups excluding tert-OH is 1. The first kappa shape index (κ1) is 13.6. The molecule has 0 aromatic heterocycles. The van der Waals surface area contributed by atoms with Crippen molar-refractivity contribution < 1.29 is 5.11 Å². The van der Waals surface area contributed by atoms with Gasteiger partial charge < -0.3 is 10.4 Å². The van der Waals surface area contributed by atoms with E-state index in [9.17, 15) is 5.11 Å². The van der Waals surface area contributed by atoms with Crippen LogP contribution in [0.5, 0.6) is 0 Å².